The molecule has 5 heteroatoms. The minimum atomic E-state index is -0.580. The van der Waals surface area contributed by atoms with Crippen molar-refractivity contribution in [3.63, 3.8) is 0 Å². The third kappa shape index (κ3) is 3.25. The Bertz CT molecular complexity index is 814. The van der Waals surface area contributed by atoms with Gasteiger partial charge in [-0.05, 0) is 55.7 Å². The van der Waals surface area contributed by atoms with Crippen molar-refractivity contribution < 1.29 is 9.59 Å². The topological polar surface area (TPSA) is 70.2 Å². The van der Waals surface area contributed by atoms with E-state index in [1.807, 2.05) is 57.2 Å². The Balaban J connectivity index is 1.71. The monoisotopic (exact) mass is 323 g/mol. The Morgan fingerprint density at radius 1 is 1.04 bits per heavy atom. The number of carbonyl (C=O) groups excluding carboxylic acids is 2. The summed E-state index contributed by atoms with van der Waals surface area (Å²) in [6.07, 6.45) is 0.0759. The molecule has 0 fully saturated rings. The second-order valence-electron chi connectivity index (χ2n) is 6.24. The van der Waals surface area contributed by atoms with E-state index < -0.39 is 6.04 Å². The van der Waals surface area contributed by atoms with E-state index in [9.17, 15) is 9.59 Å². The van der Waals surface area contributed by atoms with Crippen LogP contribution in [-0.4, -0.2) is 17.9 Å². The van der Waals surface area contributed by atoms with Crippen LogP contribution < -0.4 is 16.0 Å². The number of carbonyl (C=O) groups is 2. The van der Waals surface area contributed by atoms with Crippen molar-refractivity contribution in [2.45, 2.75) is 33.2 Å². The van der Waals surface area contributed by atoms with Crippen molar-refractivity contribution in [3.05, 3.63) is 53.1 Å². The van der Waals surface area contributed by atoms with Gasteiger partial charge in [0.1, 0.15) is 6.04 Å². The van der Waals surface area contributed by atoms with Crippen molar-refractivity contribution in [2.75, 3.05) is 16.0 Å². The van der Waals surface area contributed by atoms with Crippen molar-refractivity contribution in [1.82, 2.24) is 0 Å². The minimum absolute atomic E-state index is 0.0759. The molecule has 0 spiro atoms. The van der Waals surface area contributed by atoms with Crippen LogP contribution in [0.1, 0.15) is 23.1 Å². The van der Waals surface area contributed by atoms with E-state index in [0.29, 0.717) is 0 Å². The van der Waals surface area contributed by atoms with Gasteiger partial charge < -0.3 is 16.0 Å². The molecule has 2 amide bonds. The smallest absolute Gasteiger partial charge is 0.247 e. The molecule has 24 heavy (non-hydrogen) atoms. The third-order valence-corrected chi connectivity index (χ3v) is 4.35. The quantitative estimate of drug-likeness (QED) is 0.811. The Hall–Kier alpha value is -2.82. The molecule has 1 aliphatic heterocycles. The fourth-order valence-corrected chi connectivity index (χ4v) is 2.76. The molecular weight excluding hydrogens is 302 g/mol. The summed E-state index contributed by atoms with van der Waals surface area (Å²) in [5.41, 5.74) is 5.63. The summed E-state index contributed by atoms with van der Waals surface area (Å²) in [6.45, 7) is 5.96. The molecule has 3 rings (SSSR count). The lowest BCUT2D eigenvalue weighted by molar-refractivity contribution is -0.122. The number of rotatable bonds is 3. The highest BCUT2D eigenvalue weighted by molar-refractivity contribution is 6.06. The van der Waals surface area contributed by atoms with Crippen LogP contribution in [0.2, 0.25) is 0 Å². The molecule has 0 bridgehead atoms. The van der Waals surface area contributed by atoms with E-state index in [-0.39, 0.29) is 18.2 Å². The van der Waals surface area contributed by atoms with Gasteiger partial charge in [-0.1, -0.05) is 18.2 Å². The highest BCUT2D eigenvalue weighted by Crippen LogP contribution is 2.30. The summed E-state index contributed by atoms with van der Waals surface area (Å²) in [5, 5.41) is 8.91. The third-order valence-electron chi connectivity index (χ3n) is 4.35. The van der Waals surface area contributed by atoms with Crippen molar-refractivity contribution in [1.29, 1.82) is 0 Å². The molecule has 1 aliphatic rings. The maximum atomic E-state index is 12.3. The molecule has 0 saturated heterocycles. The second-order valence-corrected chi connectivity index (χ2v) is 6.24. The Kier molecular flexibility index (Phi) is 4.25. The number of anilines is 3. The average molecular weight is 323 g/mol. The first-order valence-electron chi connectivity index (χ1n) is 7.98. The number of benzene rings is 2. The van der Waals surface area contributed by atoms with Crippen LogP contribution >= 0.6 is 0 Å². The van der Waals surface area contributed by atoms with Crippen LogP contribution in [0, 0.1) is 20.8 Å². The predicted octanol–water partition coefficient (Wildman–Crippen LogP) is 3.37. The van der Waals surface area contributed by atoms with E-state index in [1.165, 1.54) is 0 Å². The molecule has 0 saturated carbocycles. The summed E-state index contributed by atoms with van der Waals surface area (Å²) >= 11 is 0. The van der Waals surface area contributed by atoms with Crippen molar-refractivity contribution in [3.8, 4) is 0 Å². The van der Waals surface area contributed by atoms with Crippen LogP contribution in [0.25, 0.3) is 0 Å². The molecule has 124 valence electrons. The lowest BCUT2D eigenvalue weighted by Crippen LogP contribution is -2.41. The zero-order valence-corrected chi connectivity index (χ0v) is 14.1. The summed E-state index contributed by atoms with van der Waals surface area (Å²) in [6, 6.07) is 10.9. The van der Waals surface area contributed by atoms with Gasteiger partial charge in [0.25, 0.3) is 0 Å². The molecule has 0 radical (unpaired) electrons. The second kappa shape index (κ2) is 6.35. The largest absolute Gasteiger partial charge is 0.372 e. The van der Waals surface area contributed by atoms with Gasteiger partial charge in [0, 0.05) is 5.69 Å². The normalized spacial score (nSPS) is 16.0. The van der Waals surface area contributed by atoms with Crippen LogP contribution in [-0.2, 0) is 9.59 Å². The highest BCUT2D eigenvalue weighted by atomic mass is 16.2. The first-order valence-corrected chi connectivity index (χ1v) is 7.98. The molecule has 2 aromatic carbocycles. The van der Waals surface area contributed by atoms with E-state index >= 15 is 0 Å². The number of nitrogens with one attached hydrogen (secondary N) is 3. The van der Waals surface area contributed by atoms with Gasteiger partial charge in [-0.15, -0.1) is 0 Å². The summed E-state index contributed by atoms with van der Waals surface area (Å²) in [5.74, 6) is -0.380. The van der Waals surface area contributed by atoms with Gasteiger partial charge in [0.05, 0.1) is 17.8 Å². The minimum Gasteiger partial charge on any atom is -0.372 e. The molecule has 1 heterocycles. The Labute approximate surface area is 141 Å². The lowest BCUT2D eigenvalue weighted by atomic mass is 10.0. The predicted molar refractivity (Wildman–Crippen MR) is 96.4 cm³/mol. The van der Waals surface area contributed by atoms with Gasteiger partial charge in [-0.2, -0.15) is 0 Å². The van der Waals surface area contributed by atoms with Gasteiger partial charge in [0.2, 0.25) is 11.8 Å². The van der Waals surface area contributed by atoms with Crippen molar-refractivity contribution >= 4 is 28.9 Å². The number of amides is 2. The summed E-state index contributed by atoms with van der Waals surface area (Å²) < 4.78 is 0. The van der Waals surface area contributed by atoms with Gasteiger partial charge in [-0.25, -0.2) is 0 Å². The van der Waals surface area contributed by atoms with E-state index in [0.717, 1.165) is 33.8 Å². The summed E-state index contributed by atoms with van der Waals surface area (Å²) in [7, 11) is 0. The standard InChI is InChI=1S/C19H21N3O2/c1-11-6-4-5-7-14(11)21-18(23)10-17-19(24)22-16-9-13(3)12(2)8-15(16)20-17/h4-9,17,20H,10H2,1-3H3,(H,21,23)(H,22,24)/t17-/m0/s1. The zero-order valence-electron chi connectivity index (χ0n) is 14.1. The van der Waals surface area contributed by atoms with E-state index in [1.54, 1.807) is 0 Å². The number of aryl methyl sites for hydroxylation is 3. The Morgan fingerprint density at radius 3 is 2.42 bits per heavy atom. The molecule has 5 nitrogen and oxygen atoms in total. The molecule has 3 N–H and O–H groups in total. The molecule has 1 atom stereocenters. The average Bonchev–Trinajstić information content (AvgIpc) is 2.52. The Morgan fingerprint density at radius 2 is 1.71 bits per heavy atom. The van der Waals surface area contributed by atoms with E-state index in [4.69, 9.17) is 0 Å². The molecule has 0 aromatic heterocycles. The number of fused-ring (bicyclic) bond motifs is 1. The maximum absolute atomic E-state index is 12.3. The first-order chi connectivity index (χ1) is 11.4. The molecule has 0 aliphatic carbocycles. The SMILES string of the molecule is Cc1cc2c(cc1C)N[C@@H](CC(=O)Nc1ccccc1C)C(=O)N2. The van der Waals surface area contributed by atoms with Gasteiger partial charge in [-0.3, -0.25) is 9.59 Å². The van der Waals surface area contributed by atoms with Crippen molar-refractivity contribution in [2.24, 2.45) is 0 Å². The van der Waals surface area contributed by atoms with Gasteiger partial charge >= 0.3 is 0 Å². The van der Waals surface area contributed by atoms with Crippen LogP contribution in [0.15, 0.2) is 36.4 Å². The van der Waals surface area contributed by atoms with Crippen LogP contribution in [0.4, 0.5) is 17.1 Å². The number of hydrogen-bond donors (Lipinski definition) is 3. The molecule has 0 unspecified atom stereocenters. The maximum Gasteiger partial charge on any atom is 0.247 e. The fourth-order valence-electron chi connectivity index (χ4n) is 2.76. The zero-order chi connectivity index (χ0) is 17.3. The number of para-hydroxylation sites is 1. The van der Waals surface area contributed by atoms with Gasteiger partial charge in [0.15, 0.2) is 0 Å². The van der Waals surface area contributed by atoms with E-state index in [2.05, 4.69) is 16.0 Å². The first kappa shape index (κ1) is 16.1. The van der Waals surface area contributed by atoms with Crippen LogP contribution in [0.3, 0.4) is 0 Å². The molecular formula is C19H21N3O2. The number of hydrogen-bond acceptors (Lipinski definition) is 3. The lowest BCUT2D eigenvalue weighted by Gasteiger charge is -2.27. The summed E-state index contributed by atoms with van der Waals surface area (Å²) in [4.78, 5) is 24.5. The van der Waals surface area contributed by atoms with Crippen LogP contribution in [0.5, 0.6) is 0 Å². The highest BCUT2D eigenvalue weighted by Gasteiger charge is 2.28. The molecule has 2 aromatic rings. The fraction of sp³-hybridized carbons (Fsp3) is 0.263.